The summed E-state index contributed by atoms with van der Waals surface area (Å²) in [6.07, 6.45) is 4.48. The molecule has 3 heteroatoms. The monoisotopic (exact) mass is 271 g/mol. The summed E-state index contributed by atoms with van der Waals surface area (Å²) in [4.78, 5) is 0. The Morgan fingerprint density at radius 3 is 2.85 bits per heavy atom. The highest BCUT2D eigenvalue weighted by Gasteiger charge is 2.45. The van der Waals surface area contributed by atoms with Crippen LogP contribution in [0, 0.1) is 12.8 Å². The molecule has 1 aromatic heterocycles. The van der Waals surface area contributed by atoms with Crippen LogP contribution in [0.2, 0.25) is 0 Å². The molecule has 0 spiro atoms. The van der Waals surface area contributed by atoms with Gasteiger partial charge in [-0.3, -0.25) is 0 Å². The fourth-order valence-corrected chi connectivity index (χ4v) is 3.93. The quantitative estimate of drug-likeness (QED) is 0.926. The lowest BCUT2D eigenvalue weighted by Crippen LogP contribution is -2.31. The SMILES string of the molecule is CNC(c1cc2cc(C)ccc2o1)C1CC2CCC1O2. The van der Waals surface area contributed by atoms with Crippen LogP contribution in [-0.2, 0) is 4.74 Å². The van der Waals surface area contributed by atoms with Gasteiger partial charge in [-0.15, -0.1) is 0 Å². The predicted octanol–water partition coefficient (Wildman–Crippen LogP) is 3.57. The summed E-state index contributed by atoms with van der Waals surface area (Å²) in [5.74, 6) is 1.59. The molecule has 4 rings (SSSR count). The zero-order valence-electron chi connectivity index (χ0n) is 12.1. The number of hydrogen-bond acceptors (Lipinski definition) is 3. The molecule has 2 fully saturated rings. The molecule has 2 aromatic rings. The lowest BCUT2D eigenvalue weighted by atomic mass is 9.83. The molecule has 3 nitrogen and oxygen atoms in total. The van der Waals surface area contributed by atoms with Crippen LogP contribution in [0.4, 0.5) is 0 Å². The van der Waals surface area contributed by atoms with Gasteiger partial charge >= 0.3 is 0 Å². The highest BCUT2D eigenvalue weighted by Crippen LogP contribution is 2.45. The molecule has 4 atom stereocenters. The van der Waals surface area contributed by atoms with Crippen molar-refractivity contribution in [2.75, 3.05) is 7.05 Å². The third kappa shape index (κ3) is 1.88. The Kier molecular flexibility index (Phi) is 2.86. The molecule has 106 valence electrons. The molecule has 1 aromatic carbocycles. The Labute approximate surface area is 119 Å². The second-order valence-electron chi connectivity index (χ2n) is 6.23. The summed E-state index contributed by atoms with van der Waals surface area (Å²) in [7, 11) is 2.02. The normalized spacial score (nSPS) is 30.2. The molecule has 2 aliphatic heterocycles. The van der Waals surface area contributed by atoms with E-state index in [-0.39, 0.29) is 6.04 Å². The number of hydrogen-bond donors (Lipinski definition) is 1. The number of aryl methyl sites for hydroxylation is 1. The van der Waals surface area contributed by atoms with Crippen molar-refractivity contribution < 1.29 is 9.15 Å². The molecule has 0 radical (unpaired) electrons. The van der Waals surface area contributed by atoms with Crippen molar-refractivity contribution in [3.8, 4) is 0 Å². The molecule has 2 bridgehead atoms. The van der Waals surface area contributed by atoms with Crippen molar-refractivity contribution in [3.63, 3.8) is 0 Å². The maximum Gasteiger partial charge on any atom is 0.134 e. The van der Waals surface area contributed by atoms with E-state index >= 15 is 0 Å². The first kappa shape index (κ1) is 12.4. The van der Waals surface area contributed by atoms with Crippen LogP contribution in [0.15, 0.2) is 28.7 Å². The molecule has 2 saturated heterocycles. The summed E-state index contributed by atoms with van der Waals surface area (Å²) < 4.78 is 12.1. The summed E-state index contributed by atoms with van der Waals surface area (Å²) in [6, 6.07) is 8.81. The van der Waals surface area contributed by atoms with Crippen molar-refractivity contribution >= 4 is 11.0 Å². The van der Waals surface area contributed by atoms with E-state index in [4.69, 9.17) is 9.15 Å². The van der Waals surface area contributed by atoms with Crippen molar-refractivity contribution in [1.29, 1.82) is 0 Å². The van der Waals surface area contributed by atoms with E-state index in [0.717, 1.165) is 17.8 Å². The summed E-state index contributed by atoms with van der Waals surface area (Å²) in [5, 5.41) is 4.65. The number of rotatable bonds is 3. The summed E-state index contributed by atoms with van der Waals surface area (Å²) in [5.41, 5.74) is 2.25. The smallest absolute Gasteiger partial charge is 0.134 e. The van der Waals surface area contributed by atoms with E-state index in [1.165, 1.54) is 23.8 Å². The average molecular weight is 271 g/mol. The second kappa shape index (κ2) is 4.61. The van der Waals surface area contributed by atoms with Crippen molar-refractivity contribution in [3.05, 3.63) is 35.6 Å². The molecular weight excluding hydrogens is 250 g/mol. The van der Waals surface area contributed by atoms with Crippen LogP contribution >= 0.6 is 0 Å². The number of fused-ring (bicyclic) bond motifs is 3. The van der Waals surface area contributed by atoms with Gasteiger partial charge in [-0.05, 0) is 51.4 Å². The molecule has 0 amide bonds. The van der Waals surface area contributed by atoms with E-state index in [1.807, 2.05) is 7.05 Å². The summed E-state index contributed by atoms with van der Waals surface area (Å²) >= 11 is 0. The van der Waals surface area contributed by atoms with Gasteiger partial charge in [0.15, 0.2) is 0 Å². The number of benzene rings is 1. The molecular formula is C17H21NO2. The molecule has 0 saturated carbocycles. The van der Waals surface area contributed by atoms with Gasteiger partial charge in [-0.2, -0.15) is 0 Å². The lowest BCUT2D eigenvalue weighted by Gasteiger charge is -2.26. The predicted molar refractivity (Wildman–Crippen MR) is 78.8 cm³/mol. The zero-order chi connectivity index (χ0) is 13.7. The van der Waals surface area contributed by atoms with Crippen molar-refractivity contribution in [2.24, 2.45) is 5.92 Å². The first-order valence-electron chi connectivity index (χ1n) is 7.57. The fourth-order valence-electron chi connectivity index (χ4n) is 3.93. The van der Waals surface area contributed by atoms with Gasteiger partial charge in [0.2, 0.25) is 0 Å². The Morgan fingerprint density at radius 2 is 2.15 bits per heavy atom. The first-order valence-corrected chi connectivity index (χ1v) is 7.57. The number of nitrogens with one attached hydrogen (secondary N) is 1. The maximum absolute atomic E-state index is 6.08. The molecule has 2 aliphatic rings. The van der Waals surface area contributed by atoms with Crippen LogP contribution in [0.5, 0.6) is 0 Å². The van der Waals surface area contributed by atoms with Crippen LogP contribution in [0.25, 0.3) is 11.0 Å². The van der Waals surface area contributed by atoms with Crippen LogP contribution in [0.3, 0.4) is 0 Å². The number of ether oxygens (including phenoxy) is 1. The van der Waals surface area contributed by atoms with Gasteiger partial charge in [-0.1, -0.05) is 11.6 Å². The second-order valence-corrected chi connectivity index (χ2v) is 6.23. The molecule has 0 aliphatic carbocycles. The van der Waals surface area contributed by atoms with Crippen LogP contribution < -0.4 is 5.32 Å². The van der Waals surface area contributed by atoms with Gasteiger partial charge in [0.05, 0.1) is 18.2 Å². The van der Waals surface area contributed by atoms with Gasteiger partial charge in [0, 0.05) is 11.3 Å². The molecule has 4 unspecified atom stereocenters. The van der Waals surface area contributed by atoms with Crippen LogP contribution in [-0.4, -0.2) is 19.3 Å². The van der Waals surface area contributed by atoms with E-state index in [0.29, 0.717) is 18.1 Å². The summed E-state index contributed by atoms with van der Waals surface area (Å²) in [6.45, 7) is 2.12. The van der Waals surface area contributed by atoms with E-state index < -0.39 is 0 Å². The molecule has 20 heavy (non-hydrogen) atoms. The van der Waals surface area contributed by atoms with E-state index in [9.17, 15) is 0 Å². The topological polar surface area (TPSA) is 34.4 Å². The minimum Gasteiger partial charge on any atom is -0.459 e. The largest absolute Gasteiger partial charge is 0.459 e. The Balaban J connectivity index is 1.69. The average Bonchev–Trinajstić information content (AvgIpc) is 3.13. The third-order valence-electron chi connectivity index (χ3n) is 4.89. The number of furan rings is 1. The minimum absolute atomic E-state index is 0.262. The van der Waals surface area contributed by atoms with Gasteiger partial charge in [-0.25, -0.2) is 0 Å². The minimum atomic E-state index is 0.262. The Hall–Kier alpha value is -1.32. The first-order chi connectivity index (χ1) is 9.74. The van der Waals surface area contributed by atoms with Crippen molar-refractivity contribution in [2.45, 2.75) is 44.4 Å². The highest BCUT2D eigenvalue weighted by atomic mass is 16.5. The molecule has 1 N–H and O–H groups in total. The lowest BCUT2D eigenvalue weighted by molar-refractivity contribution is 0.0846. The zero-order valence-corrected chi connectivity index (χ0v) is 12.1. The van der Waals surface area contributed by atoms with Gasteiger partial charge in [0.1, 0.15) is 11.3 Å². The van der Waals surface area contributed by atoms with Crippen LogP contribution in [0.1, 0.15) is 36.6 Å². The van der Waals surface area contributed by atoms with Gasteiger partial charge in [0.25, 0.3) is 0 Å². The van der Waals surface area contributed by atoms with E-state index in [1.54, 1.807) is 0 Å². The highest BCUT2D eigenvalue weighted by molar-refractivity contribution is 5.78. The molecule has 3 heterocycles. The third-order valence-corrected chi connectivity index (χ3v) is 4.89. The maximum atomic E-state index is 6.08. The van der Waals surface area contributed by atoms with Gasteiger partial charge < -0.3 is 14.5 Å². The fraction of sp³-hybridized carbons (Fsp3) is 0.529. The standard InChI is InChI=1S/C17H21NO2/c1-10-3-5-14-11(7-10)8-16(20-14)17(18-2)13-9-12-4-6-15(13)19-12/h3,5,7-8,12-13,15,17-18H,4,6,9H2,1-2H3. The van der Waals surface area contributed by atoms with E-state index in [2.05, 4.69) is 36.5 Å². The Morgan fingerprint density at radius 1 is 1.25 bits per heavy atom. The van der Waals surface area contributed by atoms with Crippen molar-refractivity contribution in [1.82, 2.24) is 5.32 Å². The Bertz CT molecular complexity index is 633.